The Morgan fingerprint density at radius 3 is 2.66 bits per heavy atom. The van der Waals surface area contributed by atoms with Crippen LogP contribution in [0.3, 0.4) is 0 Å². The molecule has 9 heteroatoms. The lowest BCUT2D eigenvalue weighted by Gasteiger charge is -2.07. The van der Waals surface area contributed by atoms with Crippen LogP contribution in [-0.2, 0) is 6.61 Å². The summed E-state index contributed by atoms with van der Waals surface area (Å²) in [6.45, 7) is 0.363. The number of hydrogen-bond acceptors (Lipinski definition) is 6. The Morgan fingerprint density at radius 1 is 1.12 bits per heavy atom. The summed E-state index contributed by atoms with van der Waals surface area (Å²) in [5.41, 5.74) is 4.14. The fourth-order valence-electron chi connectivity index (χ4n) is 2.90. The molecule has 3 aromatic carbocycles. The Labute approximate surface area is 192 Å². The number of halogens is 1. The van der Waals surface area contributed by atoms with E-state index in [-0.39, 0.29) is 11.6 Å². The van der Waals surface area contributed by atoms with E-state index in [1.165, 1.54) is 29.7 Å². The molecule has 1 amide bonds. The van der Waals surface area contributed by atoms with Crippen molar-refractivity contribution < 1.29 is 14.5 Å². The van der Waals surface area contributed by atoms with Crippen LogP contribution in [0.2, 0.25) is 5.02 Å². The minimum absolute atomic E-state index is 0.0143. The number of fused-ring (bicyclic) bond motifs is 1. The maximum Gasteiger partial charge on any atom is 0.281 e. The second-order valence-corrected chi connectivity index (χ2v) is 8.23. The minimum atomic E-state index is -0.464. The van der Waals surface area contributed by atoms with Crippen molar-refractivity contribution >= 4 is 50.8 Å². The number of non-ortho nitro benzene ring substituents is 1. The van der Waals surface area contributed by atoms with Crippen molar-refractivity contribution in [1.82, 2.24) is 5.43 Å². The molecule has 0 saturated heterocycles. The van der Waals surface area contributed by atoms with Crippen LogP contribution >= 0.6 is 22.9 Å². The molecule has 0 saturated carbocycles. The van der Waals surface area contributed by atoms with E-state index in [1.807, 2.05) is 36.4 Å². The van der Waals surface area contributed by atoms with Crippen LogP contribution in [0, 0.1) is 10.1 Å². The van der Waals surface area contributed by atoms with Crippen molar-refractivity contribution in [3.63, 3.8) is 0 Å². The summed E-state index contributed by atoms with van der Waals surface area (Å²) in [5.74, 6) is 0.301. The quantitative estimate of drug-likeness (QED) is 0.212. The summed E-state index contributed by atoms with van der Waals surface area (Å²) >= 11 is 7.37. The van der Waals surface area contributed by atoms with Gasteiger partial charge in [0.05, 0.1) is 16.0 Å². The average molecular weight is 466 g/mol. The van der Waals surface area contributed by atoms with Crippen LogP contribution < -0.4 is 10.2 Å². The van der Waals surface area contributed by atoms with Crippen LogP contribution in [0.15, 0.2) is 77.9 Å². The van der Waals surface area contributed by atoms with Crippen LogP contribution in [0.1, 0.15) is 20.8 Å². The van der Waals surface area contributed by atoms with Crippen LogP contribution in [0.5, 0.6) is 5.75 Å². The summed E-state index contributed by atoms with van der Waals surface area (Å²) in [4.78, 5) is 23.2. The molecule has 4 rings (SSSR count). The van der Waals surface area contributed by atoms with E-state index in [2.05, 4.69) is 10.5 Å². The molecule has 160 valence electrons. The van der Waals surface area contributed by atoms with E-state index < -0.39 is 4.92 Å². The molecule has 4 aromatic rings. The molecule has 1 heterocycles. The van der Waals surface area contributed by atoms with Gasteiger partial charge in [0.25, 0.3) is 11.6 Å². The third-order valence-electron chi connectivity index (χ3n) is 4.55. The number of nitrogens with one attached hydrogen (secondary N) is 1. The van der Waals surface area contributed by atoms with Gasteiger partial charge in [0.1, 0.15) is 12.4 Å². The number of nitro groups is 1. The van der Waals surface area contributed by atoms with Crippen LogP contribution in [-0.4, -0.2) is 17.0 Å². The lowest BCUT2D eigenvalue weighted by molar-refractivity contribution is -0.384. The number of hydrazone groups is 1. The molecule has 0 aliphatic carbocycles. The smallest absolute Gasteiger partial charge is 0.281 e. The SMILES string of the molecule is O=C(NN=Cc1ccc(OCc2ccccc2Cl)cc1)c1cc2cc([N+](=O)[O-])ccc2s1. The second kappa shape index (κ2) is 9.59. The van der Waals surface area contributed by atoms with Crippen molar-refractivity contribution in [3.8, 4) is 5.75 Å². The van der Waals surface area contributed by atoms with Crippen molar-refractivity contribution in [2.45, 2.75) is 6.61 Å². The van der Waals surface area contributed by atoms with Crippen molar-refractivity contribution in [2.75, 3.05) is 0 Å². The normalized spacial score (nSPS) is 11.0. The van der Waals surface area contributed by atoms with Gasteiger partial charge in [0.15, 0.2) is 0 Å². The summed E-state index contributed by atoms with van der Waals surface area (Å²) < 4.78 is 6.53. The summed E-state index contributed by atoms with van der Waals surface area (Å²) in [7, 11) is 0. The number of carbonyl (C=O) groups excluding carboxylic acids is 1. The van der Waals surface area contributed by atoms with Crippen molar-refractivity contribution in [1.29, 1.82) is 0 Å². The Balaban J connectivity index is 1.34. The number of amides is 1. The molecule has 32 heavy (non-hydrogen) atoms. The summed E-state index contributed by atoms with van der Waals surface area (Å²) in [6.07, 6.45) is 1.52. The van der Waals surface area contributed by atoms with Gasteiger partial charge >= 0.3 is 0 Å². The first-order chi connectivity index (χ1) is 15.5. The molecule has 0 fully saturated rings. The van der Waals surface area contributed by atoms with Gasteiger partial charge in [-0.3, -0.25) is 14.9 Å². The highest BCUT2D eigenvalue weighted by Gasteiger charge is 2.13. The number of benzene rings is 3. The molecular weight excluding hydrogens is 450 g/mol. The van der Waals surface area contributed by atoms with Gasteiger partial charge in [-0.15, -0.1) is 11.3 Å². The maximum absolute atomic E-state index is 12.3. The molecule has 0 unspecified atom stereocenters. The third kappa shape index (κ3) is 5.11. The fourth-order valence-corrected chi connectivity index (χ4v) is 4.03. The Kier molecular flexibility index (Phi) is 6.44. The highest BCUT2D eigenvalue weighted by Crippen LogP contribution is 2.29. The number of nitrogens with zero attached hydrogens (tertiary/aromatic N) is 2. The molecule has 1 aromatic heterocycles. The first-order valence-electron chi connectivity index (χ1n) is 9.47. The van der Waals surface area contributed by atoms with Gasteiger partial charge in [-0.05, 0) is 48.0 Å². The number of carbonyl (C=O) groups is 1. The predicted molar refractivity (Wildman–Crippen MR) is 126 cm³/mol. The zero-order valence-corrected chi connectivity index (χ0v) is 18.1. The number of rotatable bonds is 7. The van der Waals surface area contributed by atoms with E-state index in [4.69, 9.17) is 16.3 Å². The molecular formula is C23H16ClN3O4S. The topological polar surface area (TPSA) is 93.8 Å². The van der Waals surface area contributed by atoms with Gasteiger partial charge in [-0.2, -0.15) is 5.10 Å². The first kappa shape index (κ1) is 21.5. The van der Waals surface area contributed by atoms with Gasteiger partial charge in [0, 0.05) is 32.8 Å². The molecule has 0 radical (unpaired) electrons. The van der Waals surface area contributed by atoms with Gasteiger partial charge in [-0.25, -0.2) is 5.43 Å². The average Bonchev–Trinajstić information content (AvgIpc) is 3.23. The minimum Gasteiger partial charge on any atom is -0.489 e. The number of nitro benzene ring substituents is 1. The Hall–Kier alpha value is -3.75. The fraction of sp³-hybridized carbons (Fsp3) is 0.0435. The predicted octanol–water partition coefficient (Wildman–Crippen LogP) is 5.81. The molecule has 7 nitrogen and oxygen atoms in total. The number of hydrogen-bond donors (Lipinski definition) is 1. The van der Waals surface area contributed by atoms with E-state index in [0.29, 0.717) is 27.6 Å². The Bertz CT molecular complexity index is 1320. The summed E-state index contributed by atoms with van der Waals surface area (Å²) in [6, 6.07) is 20.8. The van der Waals surface area contributed by atoms with Crippen LogP contribution in [0.4, 0.5) is 5.69 Å². The first-order valence-corrected chi connectivity index (χ1v) is 10.7. The molecule has 0 aliphatic rings. The second-order valence-electron chi connectivity index (χ2n) is 6.74. The number of thiophene rings is 1. The molecule has 0 spiro atoms. The van der Waals surface area contributed by atoms with Gasteiger partial charge in [0.2, 0.25) is 0 Å². The lowest BCUT2D eigenvalue weighted by Crippen LogP contribution is -2.16. The summed E-state index contributed by atoms with van der Waals surface area (Å²) in [5, 5.41) is 16.2. The highest BCUT2D eigenvalue weighted by molar-refractivity contribution is 7.20. The van der Waals surface area contributed by atoms with Crippen molar-refractivity contribution in [3.05, 3.63) is 104 Å². The molecule has 0 atom stereocenters. The Morgan fingerprint density at radius 2 is 1.91 bits per heavy atom. The number of ether oxygens (including phenoxy) is 1. The van der Waals surface area contributed by atoms with Gasteiger partial charge in [-0.1, -0.05) is 29.8 Å². The zero-order valence-electron chi connectivity index (χ0n) is 16.5. The lowest BCUT2D eigenvalue weighted by atomic mass is 10.2. The molecule has 0 aliphatic heterocycles. The standard InChI is InChI=1S/C23H16ClN3O4S/c24-20-4-2-1-3-16(20)14-31-19-8-5-15(6-9-19)13-25-26-23(28)22-12-17-11-18(27(29)30)7-10-21(17)32-22/h1-13H,14H2,(H,26,28). The third-order valence-corrected chi connectivity index (χ3v) is 6.03. The van der Waals surface area contributed by atoms with Crippen LogP contribution in [0.25, 0.3) is 10.1 Å². The van der Waals surface area contributed by atoms with Gasteiger partial charge < -0.3 is 4.74 Å². The molecule has 1 N–H and O–H groups in total. The maximum atomic E-state index is 12.3. The largest absolute Gasteiger partial charge is 0.489 e. The van der Waals surface area contributed by atoms with E-state index in [1.54, 1.807) is 24.3 Å². The molecule has 0 bridgehead atoms. The monoisotopic (exact) mass is 465 g/mol. The zero-order chi connectivity index (χ0) is 22.5. The highest BCUT2D eigenvalue weighted by atomic mass is 35.5. The van der Waals surface area contributed by atoms with E-state index in [9.17, 15) is 14.9 Å². The van der Waals surface area contributed by atoms with E-state index >= 15 is 0 Å². The van der Waals surface area contributed by atoms with E-state index in [0.717, 1.165) is 15.8 Å². The van der Waals surface area contributed by atoms with Crippen molar-refractivity contribution in [2.24, 2.45) is 5.10 Å².